The summed E-state index contributed by atoms with van der Waals surface area (Å²) in [4.78, 5) is 15.8. The monoisotopic (exact) mass is 571 g/mol. The zero-order valence-corrected chi connectivity index (χ0v) is 24.5. The lowest BCUT2D eigenvalue weighted by molar-refractivity contribution is -0.118. The molecule has 1 atom stereocenters. The van der Waals surface area contributed by atoms with Crippen LogP contribution in [-0.2, 0) is 11.4 Å². The van der Waals surface area contributed by atoms with Gasteiger partial charge in [-0.05, 0) is 96.5 Å². The molecule has 3 aromatic carbocycles. The number of ether oxygens (including phenoxy) is 1. The van der Waals surface area contributed by atoms with Crippen LogP contribution in [0.2, 0.25) is 10.0 Å². The molecule has 0 spiro atoms. The Balaban J connectivity index is 1.65. The van der Waals surface area contributed by atoms with E-state index in [0.717, 1.165) is 33.6 Å². The molecule has 0 radical (unpaired) electrons. The van der Waals surface area contributed by atoms with E-state index in [1.807, 2.05) is 43.0 Å². The lowest BCUT2D eigenvalue weighted by atomic mass is 9.68. The fourth-order valence-corrected chi connectivity index (χ4v) is 6.03. The Labute approximate surface area is 245 Å². The molecular formula is C33H31Cl2N3O2. The Morgan fingerprint density at radius 1 is 1.00 bits per heavy atom. The molecule has 3 aromatic rings. The molecule has 0 saturated heterocycles. The van der Waals surface area contributed by atoms with E-state index in [9.17, 15) is 10.1 Å². The van der Waals surface area contributed by atoms with Crippen LogP contribution in [0.3, 0.4) is 0 Å². The van der Waals surface area contributed by atoms with Crippen LogP contribution < -0.4 is 15.4 Å². The number of halogens is 2. The normalized spacial score (nSPS) is 18.5. The highest BCUT2D eigenvalue weighted by atomic mass is 35.5. The van der Waals surface area contributed by atoms with Crippen molar-refractivity contribution in [2.45, 2.75) is 53.1 Å². The fourth-order valence-electron chi connectivity index (χ4n) is 5.78. The average molecular weight is 573 g/mol. The molecule has 40 heavy (non-hydrogen) atoms. The van der Waals surface area contributed by atoms with Crippen molar-refractivity contribution in [3.05, 3.63) is 116 Å². The van der Waals surface area contributed by atoms with Gasteiger partial charge in [-0.1, -0.05) is 49.2 Å². The zero-order chi connectivity index (χ0) is 28.8. The van der Waals surface area contributed by atoms with Gasteiger partial charge in [0.05, 0.1) is 17.6 Å². The number of Topliss-reactive ketones (excluding diaryl/α,β-unsaturated/α-hetero) is 1. The molecule has 1 aliphatic carbocycles. The van der Waals surface area contributed by atoms with Crippen molar-refractivity contribution < 1.29 is 9.53 Å². The van der Waals surface area contributed by atoms with Gasteiger partial charge in [0.2, 0.25) is 0 Å². The van der Waals surface area contributed by atoms with Crippen molar-refractivity contribution in [1.29, 1.82) is 5.26 Å². The summed E-state index contributed by atoms with van der Waals surface area (Å²) in [5.41, 5.74) is 13.1. The van der Waals surface area contributed by atoms with Gasteiger partial charge in [-0.2, -0.15) is 5.26 Å². The van der Waals surface area contributed by atoms with E-state index in [1.54, 1.807) is 24.3 Å². The first-order valence-corrected chi connectivity index (χ1v) is 13.9. The third-order valence-corrected chi connectivity index (χ3v) is 8.21. The molecule has 1 heterocycles. The predicted octanol–water partition coefficient (Wildman–Crippen LogP) is 8.13. The third kappa shape index (κ3) is 5.22. The summed E-state index contributed by atoms with van der Waals surface area (Å²) in [6.45, 7) is 8.56. The maximum atomic E-state index is 13.9. The van der Waals surface area contributed by atoms with Gasteiger partial charge in [-0.15, -0.1) is 0 Å². The summed E-state index contributed by atoms with van der Waals surface area (Å²) in [6, 6.07) is 21.1. The summed E-state index contributed by atoms with van der Waals surface area (Å²) in [5, 5.41) is 11.7. The van der Waals surface area contributed by atoms with Crippen molar-refractivity contribution in [2.75, 3.05) is 4.90 Å². The molecule has 0 fully saturated rings. The minimum absolute atomic E-state index is 0.0365. The molecule has 2 N–H and O–H groups in total. The molecule has 5 nitrogen and oxygen atoms in total. The molecule has 5 rings (SSSR count). The van der Waals surface area contributed by atoms with Gasteiger partial charge in [-0.3, -0.25) is 9.69 Å². The number of benzene rings is 3. The van der Waals surface area contributed by atoms with Crippen molar-refractivity contribution in [3.63, 3.8) is 0 Å². The van der Waals surface area contributed by atoms with Crippen LogP contribution in [-0.4, -0.2) is 5.78 Å². The maximum Gasteiger partial charge on any atom is 0.162 e. The molecule has 2 aliphatic rings. The van der Waals surface area contributed by atoms with Crippen molar-refractivity contribution in [3.8, 4) is 11.8 Å². The van der Waals surface area contributed by atoms with Gasteiger partial charge in [0.1, 0.15) is 18.2 Å². The van der Waals surface area contributed by atoms with E-state index in [-0.39, 0.29) is 11.2 Å². The van der Waals surface area contributed by atoms with Crippen LogP contribution in [0, 0.1) is 30.6 Å². The summed E-state index contributed by atoms with van der Waals surface area (Å²) in [5.74, 6) is 0.508. The standard InChI is InChI=1S/C33H31Cl2N3O2/c1-19-13-20(2)26(14-21(19)18-40-25-11-7-23(35)8-12-25)30-27(17-36)32(37)38(24-9-5-22(34)6-10-24)28-15-33(3,4)16-29(39)31(28)30/h5-14,30H,15-16,18,37H2,1-4H3. The first kappa shape index (κ1) is 27.8. The molecule has 0 saturated carbocycles. The summed E-state index contributed by atoms with van der Waals surface area (Å²) >= 11 is 12.2. The zero-order valence-electron chi connectivity index (χ0n) is 23.0. The Morgan fingerprint density at radius 2 is 1.62 bits per heavy atom. The Bertz CT molecular complexity index is 1600. The Kier molecular flexibility index (Phi) is 7.44. The van der Waals surface area contributed by atoms with Crippen LogP contribution in [0.1, 0.15) is 54.9 Å². The van der Waals surface area contributed by atoms with E-state index >= 15 is 0 Å². The van der Waals surface area contributed by atoms with E-state index in [4.69, 9.17) is 33.7 Å². The van der Waals surface area contributed by atoms with Crippen molar-refractivity contribution in [1.82, 2.24) is 0 Å². The van der Waals surface area contributed by atoms with Crippen molar-refractivity contribution >= 4 is 34.7 Å². The number of ketones is 1. The highest BCUT2D eigenvalue weighted by Gasteiger charge is 2.45. The number of nitriles is 1. The third-order valence-electron chi connectivity index (χ3n) is 7.71. The molecule has 1 unspecified atom stereocenters. The van der Waals surface area contributed by atoms with Gasteiger partial charge < -0.3 is 10.5 Å². The average Bonchev–Trinajstić information content (AvgIpc) is 2.89. The summed E-state index contributed by atoms with van der Waals surface area (Å²) < 4.78 is 6.07. The van der Waals surface area contributed by atoms with Crippen LogP contribution in [0.5, 0.6) is 5.75 Å². The number of aryl methyl sites for hydroxylation is 2. The fraction of sp³-hybridized carbons (Fsp3) is 0.273. The largest absolute Gasteiger partial charge is 0.489 e. The van der Waals surface area contributed by atoms with Gasteiger partial charge in [0.25, 0.3) is 0 Å². The molecule has 7 heteroatoms. The number of rotatable bonds is 5. The van der Waals surface area contributed by atoms with Gasteiger partial charge in [0.15, 0.2) is 5.78 Å². The van der Waals surface area contributed by atoms with Gasteiger partial charge >= 0.3 is 0 Å². The van der Waals surface area contributed by atoms with Crippen LogP contribution in [0.4, 0.5) is 5.69 Å². The predicted molar refractivity (Wildman–Crippen MR) is 160 cm³/mol. The lowest BCUT2D eigenvalue weighted by Gasteiger charge is -2.44. The highest BCUT2D eigenvalue weighted by Crippen LogP contribution is 2.51. The second-order valence-electron chi connectivity index (χ2n) is 11.3. The van der Waals surface area contributed by atoms with Gasteiger partial charge in [0, 0.05) is 33.4 Å². The number of carbonyl (C=O) groups is 1. The smallest absolute Gasteiger partial charge is 0.162 e. The Hall–Kier alpha value is -3.72. The lowest BCUT2D eigenvalue weighted by Crippen LogP contribution is -2.42. The number of hydrogen-bond donors (Lipinski definition) is 1. The second-order valence-corrected chi connectivity index (χ2v) is 12.2. The van der Waals surface area contributed by atoms with E-state index in [1.165, 1.54) is 0 Å². The molecule has 0 amide bonds. The number of nitrogens with two attached hydrogens (primary N) is 1. The van der Waals surface area contributed by atoms with E-state index < -0.39 is 5.92 Å². The minimum atomic E-state index is -0.568. The molecule has 0 aromatic heterocycles. The summed E-state index contributed by atoms with van der Waals surface area (Å²) in [6.07, 6.45) is 1.04. The van der Waals surface area contributed by atoms with E-state index in [0.29, 0.717) is 52.2 Å². The van der Waals surface area contributed by atoms with Crippen LogP contribution in [0.15, 0.2) is 83.3 Å². The topological polar surface area (TPSA) is 79.4 Å². The SMILES string of the molecule is Cc1cc(C)c(C2C(C#N)=C(N)N(c3ccc(Cl)cc3)C3=C2C(=O)CC(C)(C)C3)cc1COc1ccc(Cl)cc1. The number of allylic oxidation sites excluding steroid dienone is 3. The Morgan fingerprint density at radius 3 is 2.25 bits per heavy atom. The van der Waals surface area contributed by atoms with Crippen LogP contribution >= 0.6 is 23.2 Å². The highest BCUT2D eigenvalue weighted by molar-refractivity contribution is 6.30. The first-order chi connectivity index (χ1) is 19.0. The molecule has 204 valence electrons. The maximum absolute atomic E-state index is 13.9. The number of hydrogen-bond acceptors (Lipinski definition) is 5. The second kappa shape index (κ2) is 10.7. The van der Waals surface area contributed by atoms with E-state index in [2.05, 4.69) is 32.0 Å². The molecule has 0 bridgehead atoms. The first-order valence-electron chi connectivity index (χ1n) is 13.2. The quantitative estimate of drug-likeness (QED) is 0.334. The minimum Gasteiger partial charge on any atom is -0.489 e. The number of anilines is 1. The van der Waals surface area contributed by atoms with Crippen LogP contribution in [0.25, 0.3) is 0 Å². The number of carbonyl (C=O) groups excluding carboxylic acids is 1. The molecular weight excluding hydrogens is 541 g/mol. The molecule has 1 aliphatic heterocycles. The summed E-state index contributed by atoms with van der Waals surface area (Å²) in [7, 11) is 0. The van der Waals surface area contributed by atoms with Crippen molar-refractivity contribution in [2.24, 2.45) is 11.1 Å². The number of nitrogens with zero attached hydrogens (tertiary/aromatic N) is 2. The van der Waals surface area contributed by atoms with Gasteiger partial charge in [-0.25, -0.2) is 0 Å².